The summed E-state index contributed by atoms with van der Waals surface area (Å²) in [7, 11) is 0. The second-order valence-electron chi connectivity index (χ2n) is 5.29. The van der Waals surface area contributed by atoms with Gasteiger partial charge in [0.2, 0.25) is 0 Å². The third kappa shape index (κ3) is 2.69. The summed E-state index contributed by atoms with van der Waals surface area (Å²) in [4.78, 5) is 9.52. The first-order valence-electron chi connectivity index (χ1n) is 7.39. The van der Waals surface area contributed by atoms with Gasteiger partial charge in [0.25, 0.3) is 0 Å². The molecule has 3 heteroatoms. The summed E-state index contributed by atoms with van der Waals surface area (Å²) in [5.41, 5.74) is 3.92. The Balaban J connectivity index is 1.99. The Morgan fingerprint density at radius 1 is 0.609 bits per heavy atom. The van der Waals surface area contributed by atoms with E-state index in [1.165, 1.54) is 0 Å². The number of para-hydroxylation sites is 1. The Bertz CT molecular complexity index is 964. The Hall–Kier alpha value is -2.71. The molecule has 0 amide bonds. The quantitative estimate of drug-likeness (QED) is 0.480. The third-order valence-corrected chi connectivity index (χ3v) is 4.00. The Labute approximate surface area is 139 Å². The van der Waals surface area contributed by atoms with Gasteiger partial charge in [0, 0.05) is 21.5 Å². The number of benzene rings is 3. The van der Waals surface area contributed by atoms with E-state index in [4.69, 9.17) is 21.6 Å². The van der Waals surface area contributed by atoms with Gasteiger partial charge in [-0.3, -0.25) is 0 Å². The molecule has 110 valence electrons. The number of nitrogens with zero attached hydrogens (tertiary/aromatic N) is 2. The van der Waals surface area contributed by atoms with E-state index in [-0.39, 0.29) is 0 Å². The highest BCUT2D eigenvalue weighted by molar-refractivity contribution is 6.30. The predicted molar refractivity (Wildman–Crippen MR) is 95.4 cm³/mol. The van der Waals surface area contributed by atoms with Crippen molar-refractivity contribution in [2.24, 2.45) is 0 Å². The maximum atomic E-state index is 5.98. The van der Waals surface area contributed by atoms with Crippen LogP contribution in [0.1, 0.15) is 0 Å². The highest BCUT2D eigenvalue weighted by Gasteiger charge is 2.10. The van der Waals surface area contributed by atoms with Crippen LogP contribution < -0.4 is 0 Å². The van der Waals surface area contributed by atoms with Gasteiger partial charge in [0.15, 0.2) is 5.82 Å². The number of hydrogen-bond donors (Lipinski definition) is 0. The molecule has 2 nitrogen and oxygen atoms in total. The fourth-order valence-corrected chi connectivity index (χ4v) is 2.75. The van der Waals surface area contributed by atoms with Crippen LogP contribution in [0.3, 0.4) is 0 Å². The molecule has 1 heterocycles. The number of rotatable bonds is 2. The molecule has 0 aliphatic carbocycles. The van der Waals surface area contributed by atoms with E-state index in [2.05, 4.69) is 18.2 Å². The average Bonchev–Trinajstić information content (AvgIpc) is 2.62. The lowest BCUT2D eigenvalue weighted by atomic mass is 10.1. The summed E-state index contributed by atoms with van der Waals surface area (Å²) in [6.07, 6.45) is 0. The molecule has 0 saturated carbocycles. The Morgan fingerprint density at radius 2 is 1.30 bits per heavy atom. The van der Waals surface area contributed by atoms with Crippen molar-refractivity contribution in [1.82, 2.24) is 9.97 Å². The maximum Gasteiger partial charge on any atom is 0.160 e. The van der Waals surface area contributed by atoms with Crippen LogP contribution in [0.5, 0.6) is 0 Å². The lowest BCUT2D eigenvalue weighted by molar-refractivity contribution is 1.23. The van der Waals surface area contributed by atoms with Gasteiger partial charge in [-0.15, -0.1) is 0 Å². The van der Waals surface area contributed by atoms with Gasteiger partial charge >= 0.3 is 0 Å². The van der Waals surface area contributed by atoms with E-state index >= 15 is 0 Å². The van der Waals surface area contributed by atoms with Crippen LogP contribution in [-0.4, -0.2) is 9.97 Å². The zero-order valence-electron chi connectivity index (χ0n) is 12.3. The molecule has 0 atom stereocenters. The lowest BCUT2D eigenvalue weighted by Crippen LogP contribution is -1.94. The van der Waals surface area contributed by atoms with E-state index in [9.17, 15) is 0 Å². The van der Waals surface area contributed by atoms with E-state index in [0.29, 0.717) is 10.8 Å². The van der Waals surface area contributed by atoms with Crippen LogP contribution in [0.25, 0.3) is 33.5 Å². The van der Waals surface area contributed by atoms with Gasteiger partial charge in [-0.25, -0.2) is 9.97 Å². The molecule has 0 spiro atoms. The summed E-state index contributed by atoms with van der Waals surface area (Å²) in [5.74, 6) is 0.708. The van der Waals surface area contributed by atoms with Crippen molar-refractivity contribution < 1.29 is 0 Å². The minimum Gasteiger partial charge on any atom is -0.228 e. The van der Waals surface area contributed by atoms with Crippen LogP contribution in [0.4, 0.5) is 0 Å². The second-order valence-corrected chi connectivity index (χ2v) is 5.72. The van der Waals surface area contributed by atoms with Crippen molar-refractivity contribution in [3.05, 3.63) is 83.9 Å². The Kier molecular flexibility index (Phi) is 3.52. The zero-order valence-corrected chi connectivity index (χ0v) is 13.0. The molecule has 3 aromatic carbocycles. The van der Waals surface area contributed by atoms with E-state index in [1.54, 1.807) is 0 Å². The summed E-state index contributed by atoms with van der Waals surface area (Å²) < 4.78 is 0. The Morgan fingerprint density at radius 3 is 2.09 bits per heavy atom. The van der Waals surface area contributed by atoms with Gasteiger partial charge in [0.05, 0.1) is 11.2 Å². The molecule has 0 bridgehead atoms. The number of fused-ring (bicyclic) bond motifs is 1. The zero-order chi connectivity index (χ0) is 15.6. The van der Waals surface area contributed by atoms with E-state index < -0.39 is 0 Å². The molecule has 0 unspecified atom stereocenters. The van der Waals surface area contributed by atoms with Gasteiger partial charge in [0.1, 0.15) is 0 Å². The van der Waals surface area contributed by atoms with Gasteiger partial charge in [-0.2, -0.15) is 0 Å². The molecule has 0 N–H and O–H groups in total. The number of aromatic nitrogens is 2. The molecule has 4 rings (SSSR count). The van der Waals surface area contributed by atoms with Gasteiger partial charge in [-0.05, 0) is 30.3 Å². The largest absolute Gasteiger partial charge is 0.228 e. The van der Waals surface area contributed by atoms with Crippen LogP contribution >= 0.6 is 11.6 Å². The van der Waals surface area contributed by atoms with Crippen molar-refractivity contribution in [3.63, 3.8) is 0 Å². The summed E-state index contributed by atoms with van der Waals surface area (Å²) in [6.45, 7) is 0. The fourth-order valence-electron chi connectivity index (χ4n) is 2.62. The predicted octanol–water partition coefficient (Wildman–Crippen LogP) is 5.62. The van der Waals surface area contributed by atoms with E-state index in [1.807, 2.05) is 60.7 Å². The highest BCUT2D eigenvalue weighted by atomic mass is 35.5. The third-order valence-electron chi connectivity index (χ3n) is 3.75. The minimum absolute atomic E-state index is 0.706. The van der Waals surface area contributed by atoms with Crippen molar-refractivity contribution >= 4 is 22.5 Å². The molecule has 0 saturated heterocycles. The van der Waals surface area contributed by atoms with Crippen LogP contribution in [0.2, 0.25) is 5.02 Å². The summed E-state index contributed by atoms with van der Waals surface area (Å²) in [6, 6.07) is 25.9. The van der Waals surface area contributed by atoms with Crippen molar-refractivity contribution in [3.8, 4) is 22.6 Å². The molecule has 1 aromatic heterocycles. The topological polar surface area (TPSA) is 25.8 Å². The molecule has 0 aliphatic rings. The molecule has 0 aliphatic heterocycles. The normalized spacial score (nSPS) is 10.8. The highest BCUT2D eigenvalue weighted by Crippen LogP contribution is 2.29. The van der Waals surface area contributed by atoms with Crippen molar-refractivity contribution in [1.29, 1.82) is 0 Å². The molecule has 0 radical (unpaired) electrons. The SMILES string of the molecule is Clc1ccc(-c2nc(-c3ccccc3)c3ccccc3n2)cc1. The van der Waals surface area contributed by atoms with Gasteiger partial charge in [-0.1, -0.05) is 60.1 Å². The second kappa shape index (κ2) is 5.82. The maximum absolute atomic E-state index is 5.98. The molecule has 0 fully saturated rings. The van der Waals surface area contributed by atoms with Crippen LogP contribution in [0, 0.1) is 0 Å². The monoisotopic (exact) mass is 316 g/mol. The first-order valence-corrected chi connectivity index (χ1v) is 7.77. The van der Waals surface area contributed by atoms with E-state index in [0.717, 1.165) is 27.7 Å². The van der Waals surface area contributed by atoms with Crippen molar-refractivity contribution in [2.75, 3.05) is 0 Å². The number of hydrogen-bond acceptors (Lipinski definition) is 2. The lowest BCUT2D eigenvalue weighted by Gasteiger charge is -2.09. The van der Waals surface area contributed by atoms with Gasteiger partial charge < -0.3 is 0 Å². The molecular weight excluding hydrogens is 304 g/mol. The standard InChI is InChI=1S/C20H13ClN2/c21-16-12-10-15(11-13-16)20-22-18-9-5-4-8-17(18)19(23-20)14-6-2-1-3-7-14/h1-13H. The first-order chi connectivity index (χ1) is 11.3. The van der Waals surface area contributed by atoms with Crippen LogP contribution in [-0.2, 0) is 0 Å². The fraction of sp³-hybridized carbons (Fsp3) is 0. The summed E-state index contributed by atoms with van der Waals surface area (Å²) in [5, 5.41) is 1.76. The first kappa shape index (κ1) is 13.9. The van der Waals surface area contributed by atoms with Crippen molar-refractivity contribution in [2.45, 2.75) is 0 Å². The molecule has 4 aromatic rings. The minimum atomic E-state index is 0.706. The summed E-state index contributed by atoms with van der Waals surface area (Å²) >= 11 is 5.98. The molecule has 23 heavy (non-hydrogen) atoms. The number of halogens is 1. The molecular formula is C20H13ClN2. The smallest absolute Gasteiger partial charge is 0.160 e. The van der Waals surface area contributed by atoms with Crippen LogP contribution in [0.15, 0.2) is 78.9 Å². The average molecular weight is 317 g/mol.